The number of rotatable bonds is 9. The van der Waals surface area contributed by atoms with Crippen LogP contribution in [-0.4, -0.2) is 44.2 Å². The monoisotopic (exact) mass is 419 g/mol. The van der Waals surface area contributed by atoms with Crippen molar-refractivity contribution in [2.24, 2.45) is 5.73 Å². The first-order valence-electron chi connectivity index (χ1n) is 9.13. The molecule has 0 saturated carbocycles. The number of nitrogens with one attached hydrogen (secondary N) is 1. The molecule has 3 N–H and O–H groups in total. The summed E-state index contributed by atoms with van der Waals surface area (Å²) in [5.74, 6) is -0.964. The van der Waals surface area contributed by atoms with Crippen molar-refractivity contribution in [1.82, 2.24) is 4.31 Å². The van der Waals surface area contributed by atoms with Crippen LogP contribution in [0.3, 0.4) is 0 Å². The van der Waals surface area contributed by atoms with Crippen LogP contribution in [0.2, 0.25) is 0 Å². The van der Waals surface area contributed by atoms with Gasteiger partial charge in [-0.05, 0) is 36.8 Å². The number of aryl methyl sites for hydroxylation is 1. The lowest BCUT2D eigenvalue weighted by Gasteiger charge is -2.20. The van der Waals surface area contributed by atoms with Crippen molar-refractivity contribution in [2.45, 2.75) is 25.7 Å². The summed E-state index contributed by atoms with van der Waals surface area (Å²) >= 11 is 0. The molecule has 0 fully saturated rings. The maximum atomic E-state index is 12.8. The lowest BCUT2D eigenvalue weighted by Crippen LogP contribution is -2.31. The van der Waals surface area contributed by atoms with Gasteiger partial charge in [-0.3, -0.25) is 9.59 Å². The van der Waals surface area contributed by atoms with E-state index in [9.17, 15) is 18.0 Å². The second kappa shape index (κ2) is 9.53. The number of para-hydroxylation sites is 1. The van der Waals surface area contributed by atoms with Gasteiger partial charge in [0.25, 0.3) is 11.8 Å². The third-order valence-electron chi connectivity index (χ3n) is 4.31. The van der Waals surface area contributed by atoms with Crippen molar-refractivity contribution in [3.05, 3.63) is 53.6 Å². The number of anilines is 1. The smallest absolute Gasteiger partial charge is 0.262 e. The average molecular weight is 420 g/mol. The molecule has 0 spiro atoms. The third kappa shape index (κ3) is 5.33. The first-order chi connectivity index (χ1) is 13.7. The fraction of sp³-hybridized carbons (Fsp3) is 0.300. The second-order valence-corrected chi connectivity index (χ2v) is 8.17. The van der Waals surface area contributed by atoms with Gasteiger partial charge in [0.2, 0.25) is 10.0 Å². The maximum absolute atomic E-state index is 12.8. The molecule has 2 rings (SSSR count). The van der Waals surface area contributed by atoms with Gasteiger partial charge in [0, 0.05) is 18.8 Å². The fourth-order valence-electron chi connectivity index (χ4n) is 2.79. The summed E-state index contributed by atoms with van der Waals surface area (Å²) in [6, 6.07) is 11.0. The van der Waals surface area contributed by atoms with Gasteiger partial charge >= 0.3 is 0 Å². The Balaban J connectivity index is 2.15. The number of carbonyl (C=O) groups is 2. The third-order valence-corrected chi connectivity index (χ3v) is 6.50. The number of benzene rings is 2. The number of hydrogen-bond donors (Lipinski definition) is 2. The van der Waals surface area contributed by atoms with Crippen LogP contribution in [0.4, 0.5) is 5.69 Å². The van der Waals surface area contributed by atoms with Crippen molar-refractivity contribution >= 4 is 27.5 Å². The number of nitrogens with two attached hydrogens (primary N) is 1. The molecule has 0 unspecified atom stereocenters. The molecule has 2 aromatic carbocycles. The summed E-state index contributed by atoms with van der Waals surface area (Å²) in [7, 11) is -3.66. The molecule has 2 amide bonds. The number of primary amides is 1. The number of sulfonamides is 1. The van der Waals surface area contributed by atoms with Gasteiger partial charge < -0.3 is 15.8 Å². The molecule has 0 radical (unpaired) electrons. The van der Waals surface area contributed by atoms with Gasteiger partial charge in [0.1, 0.15) is 5.75 Å². The van der Waals surface area contributed by atoms with Crippen molar-refractivity contribution in [3.8, 4) is 5.75 Å². The second-order valence-electron chi connectivity index (χ2n) is 6.27. The minimum absolute atomic E-state index is 0.138. The zero-order valence-corrected chi connectivity index (χ0v) is 17.5. The molecule has 0 aromatic heterocycles. The van der Waals surface area contributed by atoms with E-state index in [0.29, 0.717) is 24.3 Å². The van der Waals surface area contributed by atoms with Crippen LogP contribution in [0.15, 0.2) is 47.4 Å². The van der Waals surface area contributed by atoms with Crippen LogP contribution in [0.1, 0.15) is 29.8 Å². The zero-order valence-electron chi connectivity index (χ0n) is 16.6. The quantitative estimate of drug-likeness (QED) is 0.645. The molecule has 0 heterocycles. The highest BCUT2D eigenvalue weighted by Crippen LogP contribution is 2.24. The normalized spacial score (nSPS) is 11.3. The molecule has 9 heteroatoms. The Bertz CT molecular complexity index is 1000. The zero-order chi connectivity index (χ0) is 21.6. The highest BCUT2D eigenvalue weighted by atomic mass is 32.2. The van der Waals surface area contributed by atoms with Crippen molar-refractivity contribution < 1.29 is 22.7 Å². The molecule has 0 saturated heterocycles. The van der Waals surface area contributed by atoms with E-state index in [1.54, 1.807) is 45.0 Å². The maximum Gasteiger partial charge on any atom is 0.262 e. The Kier molecular flexibility index (Phi) is 7.35. The van der Waals surface area contributed by atoms with E-state index in [1.807, 2.05) is 0 Å². The minimum atomic E-state index is -3.66. The van der Waals surface area contributed by atoms with Crippen molar-refractivity contribution in [2.75, 3.05) is 25.0 Å². The van der Waals surface area contributed by atoms with Gasteiger partial charge in [0.05, 0.1) is 10.5 Å². The Morgan fingerprint density at radius 3 is 2.38 bits per heavy atom. The predicted octanol–water partition coefficient (Wildman–Crippen LogP) is 2.14. The molecule has 8 nitrogen and oxygen atoms in total. The summed E-state index contributed by atoms with van der Waals surface area (Å²) in [5, 5.41) is 2.61. The highest BCUT2D eigenvalue weighted by Gasteiger charge is 2.24. The largest absolute Gasteiger partial charge is 0.483 e. The number of amides is 2. The summed E-state index contributed by atoms with van der Waals surface area (Å²) in [6.45, 7) is 5.57. The topological polar surface area (TPSA) is 119 Å². The molecule has 0 aliphatic rings. The molecule has 0 aliphatic carbocycles. The van der Waals surface area contributed by atoms with Gasteiger partial charge in [-0.15, -0.1) is 0 Å². The number of carbonyl (C=O) groups excluding carboxylic acids is 2. The van der Waals surface area contributed by atoms with E-state index in [-0.39, 0.29) is 22.8 Å². The molecule has 0 bridgehead atoms. The molecular formula is C20H25N3O5S. The van der Waals surface area contributed by atoms with Crippen LogP contribution >= 0.6 is 0 Å². The van der Waals surface area contributed by atoms with E-state index in [1.165, 1.54) is 22.5 Å². The molecule has 0 atom stereocenters. The van der Waals surface area contributed by atoms with Crippen LogP contribution in [-0.2, 0) is 14.8 Å². The van der Waals surface area contributed by atoms with Crippen LogP contribution < -0.4 is 15.8 Å². The van der Waals surface area contributed by atoms with E-state index < -0.39 is 21.8 Å². The van der Waals surface area contributed by atoms with Gasteiger partial charge in [0.15, 0.2) is 6.61 Å². The Labute approximate surface area is 170 Å². The lowest BCUT2D eigenvalue weighted by molar-refractivity contribution is -0.118. The first-order valence-corrected chi connectivity index (χ1v) is 10.6. The molecule has 156 valence electrons. The van der Waals surface area contributed by atoms with Gasteiger partial charge in [-0.25, -0.2) is 8.42 Å². The van der Waals surface area contributed by atoms with Crippen LogP contribution in [0, 0.1) is 6.92 Å². The van der Waals surface area contributed by atoms with Crippen molar-refractivity contribution in [3.63, 3.8) is 0 Å². The molecule has 29 heavy (non-hydrogen) atoms. The fourth-order valence-corrected chi connectivity index (χ4v) is 4.50. The molecule has 0 aliphatic heterocycles. The molecule has 2 aromatic rings. The summed E-state index contributed by atoms with van der Waals surface area (Å²) < 4.78 is 32.4. The molecular weight excluding hydrogens is 394 g/mol. The van der Waals surface area contributed by atoms with Crippen molar-refractivity contribution in [1.29, 1.82) is 0 Å². The minimum Gasteiger partial charge on any atom is -0.483 e. The Morgan fingerprint density at radius 2 is 1.76 bits per heavy atom. The van der Waals surface area contributed by atoms with Crippen LogP contribution in [0.25, 0.3) is 0 Å². The van der Waals surface area contributed by atoms with E-state index >= 15 is 0 Å². The van der Waals surface area contributed by atoms with E-state index in [0.717, 1.165) is 0 Å². The average Bonchev–Trinajstić information content (AvgIpc) is 2.68. The summed E-state index contributed by atoms with van der Waals surface area (Å²) in [5.41, 5.74) is 6.37. The van der Waals surface area contributed by atoms with Gasteiger partial charge in [-0.1, -0.05) is 32.0 Å². The number of nitrogens with zero attached hydrogens (tertiary/aromatic N) is 1. The standard InChI is InChI=1S/C20H25N3O5S/c1-4-23(5-2)29(26,27)18-12-15(11-10-14(18)3)22-19(24)13-28-17-9-7-6-8-16(17)20(21)25/h6-12H,4-5,13H2,1-3H3,(H2,21,25)(H,22,24). The summed E-state index contributed by atoms with van der Waals surface area (Å²) in [4.78, 5) is 23.8. The number of ether oxygens (including phenoxy) is 1. The van der Waals surface area contributed by atoms with E-state index in [2.05, 4.69) is 5.32 Å². The first kappa shape index (κ1) is 22.4. The Hall–Kier alpha value is -2.91. The van der Waals surface area contributed by atoms with E-state index in [4.69, 9.17) is 10.5 Å². The number of hydrogen-bond acceptors (Lipinski definition) is 5. The van der Waals surface area contributed by atoms with Gasteiger partial charge in [-0.2, -0.15) is 4.31 Å². The lowest BCUT2D eigenvalue weighted by atomic mass is 10.2. The summed E-state index contributed by atoms with van der Waals surface area (Å²) in [6.07, 6.45) is 0. The SMILES string of the molecule is CCN(CC)S(=O)(=O)c1cc(NC(=O)COc2ccccc2C(N)=O)ccc1C. The Morgan fingerprint density at radius 1 is 1.10 bits per heavy atom. The van der Waals surface area contributed by atoms with Crippen LogP contribution in [0.5, 0.6) is 5.75 Å². The predicted molar refractivity (Wildman–Crippen MR) is 110 cm³/mol. The highest BCUT2D eigenvalue weighted by molar-refractivity contribution is 7.89.